The molecule has 0 aliphatic carbocycles. The molecule has 0 bridgehead atoms. The summed E-state index contributed by atoms with van der Waals surface area (Å²) in [7, 11) is 1.86. The first-order valence-corrected chi connectivity index (χ1v) is 11.8. The van der Waals surface area contributed by atoms with Crippen LogP contribution >= 0.6 is 7.82 Å². The molecule has 0 radical (unpaired) electrons. The van der Waals surface area contributed by atoms with Crippen LogP contribution in [0.3, 0.4) is 0 Å². The van der Waals surface area contributed by atoms with Crippen LogP contribution in [0, 0.1) is 0 Å². The number of carbonyl (C=O) groups is 1. The van der Waals surface area contributed by atoms with Crippen LogP contribution in [0.2, 0.25) is 0 Å². The van der Waals surface area contributed by atoms with Crippen LogP contribution in [0.1, 0.15) is 71.1 Å². The SMILES string of the molecule is CCCCCCCCCCCC(=O)NCCOP(=O)(O)OCC[N+](C)(C)C. The Morgan fingerprint density at radius 3 is 2.00 bits per heavy atom. The second-order valence-corrected chi connectivity index (χ2v) is 9.53. The van der Waals surface area contributed by atoms with Gasteiger partial charge in [0.2, 0.25) is 5.91 Å². The van der Waals surface area contributed by atoms with E-state index in [2.05, 4.69) is 12.2 Å². The Labute approximate surface area is 166 Å². The van der Waals surface area contributed by atoms with Gasteiger partial charge < -0.3 is 14.7 Å². The molecule has 0 fully saturated rings. The summed E-state index contributed by atoms with van der Waals surface area (Å²) in [5.41, 5.74) is 0. The number of quaternary nitrogens is 1. The number of likely N-dealkylation sites (N-methyl/N-ethyl adjacent to an activating group) is 1. The fourth-order valence-corrected chi connectivity index (χ4v) is 3.21. The Kier molecular flexibility index (Phi) is 15.2. The molecular weight excluding hydrogens is 367 g/mol. The molecule has 27 heavy (non-hydrogen) atoms. The van der Waals surface area contributed by atoms with Crippen LogP contribution in [0.15, 0.2) is 0 Å². The summed E-state index contributed by atoms with van der Waals surface area (Å²) in [6.45, 7) is 3.13. The van der Waals surface area contributed by atoms with Crippen molar-refractivity contribution in [3.05, 3.63) is 0 Å². The Hall–Kier alpha value is -0.460. The molecular formula is C19H42N2O5P+. The Bertz CT molecular complexity index is 427. The Morgan fingerprint density at radius 1 is 0.926 bits per heavy atom. The van der Waals surface area contributed by atoms with Gasteiger partial charge in [-0.3, -0.25) is 13.8 Å². The van der Waals surface area contributed by atoms with Gasteiger partial charge in [-0.15, -0.1) is 0 Å². The van der Waals surface area contributed by atoms with Gasteiger partial charge in [0.05, 0.1) is 27.7 Å². The van der Waals surface area contributed by atoms with Gasteiger partial charge in [-0.2, -0.15) is 0 Å². The van der Waals surface area contributed by atoms with Crippen molar-refractivity contribution < 1.29 is 27.8 Å². The zero-order chi connectivity index (χ0) is 20.6. The first-order chi connectivity index (χ1) is 12.7. The third kappa shape index (κ3) is 20.1. The van der Waals surface area contributed by atoms with E-state index in [1.807, 2.05) is 21.1 Å². The van der Waals surface area contributed by atoms with Crippen LogP contribution < -0.4 is 5.32 Å². The largest absolute Gasteiger partial charge is 0.472 e. The third-order valence-corrected chi connectivity index (χ3v) is 5.22. The predicted molar refractivity (Wildman–Crippen MR) is 109 cm³/mol. The number of carbonyl (C=O) groups excluding carboxylic acids is 1. The number of rotatable bonds is 18. The number of hydrogen-bond donors (Lipinski definition) is 2. The Balaban J connectivity index is 3.53. The van der Waals surface area contributed by atoms with Crippen molar-refractivity contribution in [2.75, 3.05) is 47.4 Å². The van der Waals surface area contributed by atoms with Gasteiger partial charge in [0.15, 0.2) is 0 Å². The lowest BCUT2D eigenvalue weighted by atomic mass is 10.1. The molecule has 0 aromatic heterocycles. The molecule has 0 aliphatic rings. The maximum absolute atomic E-state index is 11.7. The lowest BCUT2D eigenvalue weighted by Gasteiger charge is -2.24. The van der Waals surface area contributed by atoms with Crippen LogP contribution in [-0.4, -0.2) is 62.7 Å². The lowest BCUT2D eigenvalue weighted by Crippen LogP contribution is -2.37. The average Bonchev–Trinajstić information content (AvgIpc) is 2.56. The summed E-state index contributed by atoms with van der Waals surface area (Å²) in [6.07, 6.45) is 11.4. The second kappa shape index (κ2) is 15.5. The third-order valence-electron chi connectivity index (χ3n) is 4.20. The van der Waals surface area contributed by atoms with Crippen LogP contribution in [-0.2, 0) is 18.4 Å². The fraction of sp³-hybridized carbons (Fsp3) is 0.947. The number of nitrogens with one attached hydrogen (secondary N) is 1. The van der Waals surface area contributed by atoms with Crippen molar-refractivity contribution in [1.29, 1.82) is 0 Å². The number of nitrogens with zero attached hydrogens (tertiary/aromatic N) is 1. The summed E-state index contributed by atoms with van der Waals surface area (Å²) in [6, 6.07) is 0. The van der Waals surface area contributed by atoms with E-state index in [9.17, 15) is 14.3 Å². The van der Waals surface area contributed by atoms with Crippen LogP contribution in [0.25, 0.3) is 0 Å². The van der Waals surface area contributed by atoms with Crippen molar-refractivity contribution >= 4 is 13.7 Å². The predicted octanol–water partition coefficient (Wildman–Crippen LogP) is 3.86. The van der Waals surface area contributed by atoms with Gasteiger partial charge in [-0.25, -0.2) is 4.57 Å². The first-order valence-electron chi connectivity index (χ1n) is 10.4. The maximum Gasteiger partial charge on any atom is 0.472 e. The molecule has 8 heteroatoms. The number of unbranched alkanes of at least 4 members (excludes halogenated alkanes) is 8. The maximum atomic E-state index is 11.7. The fourth-order valence-electron chi connectivity index (χ4n) is 2.50. The minimum atomic E-state index is -4.04. The molecule has 1 atom stereocenters. The van der Waals surface area contributed by atoms with E-state index in [0.29, 0.717) is 17.4 Å². The number of amides is 1. The van der Waals surface area contributed by atoms with Crippen molar-refractivity contribution in [2.45, 2.75) is 71.1 Å². The monoisotopic (exact) mass is 409 g/mol. The van der Waals surface area contributed by atoms with Gasteiger partial charge >= 0.3 is 7.82 Å². The van der Waals surface area contributed by atoms with Gasteiger partial charge in [-0.05, 0) is 6.42 Å². The highest BCUT2D eigenvalue weighted by atomic mass is 31.2. The van der Waals surface area contributed by atoms with Crippen molar-refractivity contribution in [3.8, 4) is 0 Å². The topological polar surface area (TPSA) is 84.9 Å². The van der Waals surface area contributed by atoms with Gasteiger partial charge in [0, 0.05) is 13.0 Å². The van der Waals surface area contributed by atoms with Gasteiger partial charge in [0.1, 0.15) is 13.2 Å². The molecule has 0 aromatic carbocycles. The first kappa shape index (κ1) is 26.5. The summed E-state index contributed by atoms with van der Waals surface area (Å²) in [4.78, 5) is 21.3. The van der Waals surface area contributed by atoms with E-state index in [-0.39, 0.29) is 25.7 Å². The van der Waals surface area contributed by atoms with E-state index < -0.39 is 7.82 Å². The molecule has 0 aromatic rings. The van der Waals surface area contributed by atoms with Crippen molar-refractivity contribution in [2.24, 2.45) is 0 Å². The highest BCUT2D eigenvalue weighted by Gasteiger charge is 2.22. The van der Waals surface area contributed by atoms with Gasteiger partial charge in [0.25, 0.3) is 0 Å². The van der Waals surface area contributed by atoms with Gasteiger partial charge in [-0.1, -0.05) is 58.3 Å². The molecule has 7 nitrogen and oxygen atoms in total. The highest BCUT2D eigenvalue weighted by Crippen LogP contribution is 2.42. The van der Waals surface area contributed by atoms with Crippen molar-refractivity contribution in [1.82, 2.24) is 5.32 Å². The summed E-state index contributed by atoms with van der Waals surface area (Å²) in [5, 5.41) is 2.71. The van der Waals surface area contributed by atoms with Crippen LogP contribution in [0.4, 0.5) is 0 Å². The number of phosphoric acid groups is 1. The standard InChI is InChI=1S/C19H41N2O5P/c1-5-6-7-8-9-10-11-12-13-14-19(22)20-15-17-25-27(23,24)26-18-16-21(2,3)4/h5-18H2,1-4H3,(H-,20,22,23,24)/p+1. The summed E-state index contributed by atoms with van der Waals surface area (Å²) >= 11 is 0. The van der Waals surface area contributed by atoms with E-state index in [1.165, 1.54) is 44.9 Å². The molecule has 0 rings (SSSR count). The second-order valence-electron chi connectivity index (χ2n) is 8.08. The lowest BCUT2D eigenvalue weighted by molar-refractivity contribution is -0.870. The summed E-state index contributed by atoms with van der Waals surface area (Å²) in [5.74, 6) is -0.0414. The smallest absolute Gasteiger partial charge is 0.354 e. The average molecular weight is 410 g/mol. The molecule has 1 amide bonds. The highest BCUT2D eigenvalue weighted by molar-refractivity contribution is 7.47. The minimum absolute atomic E-state index is 0.0400. The number of hydrogen-bond acceptors (Lipinski definition) is 4. The molecule has 0 saturated carbocycles. The minimum Gasteiger partial charge on any atom is -0.354 e. The van der Waals surface area contributed by atoms with Crippen LogP contribution in [0.5, 0.6) is 0 Å². The number of phosphoric ester groups is 1. The zero-order valence-electron chi connectivity index (χ0n) is 17.9. The van der Waals surface area contributed by atoms with E-state index in [1.54, 1.807) is 0 Å². The van der Waals surface area contributed by atoms with E-state index >= 15 is 0 Å². The van der Waals surface area contributed by atoms with E-state index in [4.69, 9.17) is 9.05 Å². The molecule has 1 unspecified atom stereocenters. The Morgan fingerprint density at radius 2 is 1.44 bits per heavy atom. The molecule has 162 valence electrons. The molecule has 0 aliphatic heterocycles. The van der Waals surface area contributed by atoms with Crippen molar-refractivity contribution in [3.63, 3.8) is 0 Å². The normalized spacial score (nSPS) is 14.1. The zero-order valence-corrected chi connectivity index (χ0v) is 18.8. The molecule has 0 saturated heterocycles. The summed E-state index contributed by atoms with van der Waals surface area (Å²) < 4.78 is 22.1. The molecule has 0 heterocycles. The molecule has 0 spiro atoms. The van der Waals surface area contributed by atoms with E-state index in [0.717, 1.165) is 12.8 Å². The quantitative estimate of drug-likeness (QED) is 0.204. The molecule has 2 N–H and O–H groups in total.